The van der Waals surface area contributed by atoms with Crippen LogP contribution in [0.4, 0.5) is 0 Å². The smallest absolute Gasteiger partial charge is 0.756 e. The van der Waals surface area contributed by atoms with Crippen molar-refractivity contribution < 1.29 is 77.3 Å². The van der Waals surface area contributed by atoms with E-state index < -0.39 is 58.4 Å². The van der Waals surface area contributed by atoms with Gasteiger partial charge in [-0.05, 0) is 89.9 Å². The molecule has 58 heavy (non-hydrogen) atoms. The first kappa shape index (κ1) is 58.0. The third-order valence-electron chi connectivity index (χ3n) is 8.20. The van der Waals surface area contributed by atoms with Crippen molar-refractivity contribution in [2.24, 2.45) is 0 Å². The van der Waals surface area contributed by atoms with E-state index in [1.54, 1.807) is 0 Å². The minimum absolute atomic E-state index is 0. The summed E-state index contributed by atoms with van der Waals surface area (Å²) in [5.74, 6) is -1.10. The molecule has 12 heteroatoms. The molecule has 0 heterocycles. The molecular weight excluding hydrogens is 766 g/mol. The molecule has 2 N–H and O–H groups in total. The molecule has 0 fully saturated rings. The van der Waals surface area contributed by atoms with Crippen molar-refractivity contribution in [3.05, 3.63) is 97.2 Å². The van der Waals surface area contributed by atoms with Gasteiger partial charge in [0.1, 0.15) is 12.7 Å². The average molecular weight is 841 g/mol. The van der Waals surface area contributed by atoms with E-state index in [1.165, 1.54) is 38.5 Å². The van der Waals surface area contributed by atoms with Gasteiger partial charge in [0.05, 0.1) is 19.8 Å². The summed E-state index contributed by atoms with van der Waals surface area (Å²) in [6, 6.07) is 0. The SMILES string of the molecule is CCCCC/C=C/C/C=C/C/C=C/C/C=C/CCCC(=O)OC[C@H](COP(=O)([O-])OCC(O)CO)OC(=O)CCC/C=C/C/C=C/C/C=C/C/C=C/CCCCC.[Na+]. The van der Waals surface area contributed by atoms with E-state index in [9.17, 15) is 24.2 Å². The van der Waals surface area contributed by atoms with Gasteiger partial charge >= 0.3 is 41.5 Å². The fraction of sp³-hybridized carbons (Fsp3) is 0.609. The molecule has 0 saturated heterocycles. The quantitative estimate of drug-likeness (QED) is 0.0209. The van der Waals surface area contributed by atoms with Gasteiger partial charge in [0, 0.05) is 12.8 Å². The molecule has 0 spiro atoms. The summed E-state index contributed by atoms with van der Waals surface area (Å²) < 4.78 is 32.2. The number of carbonyl (C=O) groups is 2. The van der Waals surface area contributed by atoms with Crippen LogP contribution >= 0.6 is 7.82 Å². The third kappa shape index (κ3) is 43.5. The molecule has 0 bridgehead atoms. The number of esters is 2. The summed E-state index contributed by atoms with van der Waals surface area (Å²) >= 11 is 0. The molecule has 0 aliphatic carbocycles. The second kappa shape index (κ2) is 44.4. The molecule has 0 radical (unpaired) electrons. The van der Waals surface area contributed by atoms with Crippen molar-refractivity contribution in [1.29, 1.82) is 0 Å². The number of hydrogen-bond acceptors (Lipinski definition) is 10. The van der Waals surface area contributed by atoms with E-state index in [0.29, 0.717) is 25.7 Å². The Kier molecular flexibility index (Phi) is 44.4. The molecule has 3 atom stereocenters. The molecule has 0 saturated carbocycles. The van der Waals surface area contributed by atoms with Gasteiger partial charge in [0.25, 0.3) is 7.82 Å². The Morgan fingerprint density at radius 2 is 0.914 bits per heavy atom. The normalized spacial score (nSPS) is 14.6. The number of ether oxygens (including phenoxy) is 2. The molecule has 0 aromatic carbocycles. The predicted molar refractivity (Wildman–Crippen MR) is 230 cm³/mol. The maximum absolute atomic E-state index is 12.6. The number of carbonyl (C=O) groups excluding carboxylic acids is 2. The summed E-state index contributed by atoms with van der Waals surface area (Å²) in [4.78, 5) is 37.1. The van der Waals surface area contributed by atoms with Crippen molar-refractivity contribution in [3.63, 3.8) is 0 Å². The maximum Gasteiger partial charge on any atom is 1.00 e. The molecule has 0 aromatic heterocycles. The second-order valence-corrected chi connectivity index (χ2v) is 15.0. The van der Waals surface area contributed by atoms with Crippen LogP contribution in [-0.4, -0.2) is 60.8 Å². The number of unbranched alkanes of at least 4 members (excludes halogenated alkanes) is 8. The molecule has 2 unspecified atom stereocenters. The standard InChI is InChI=1S/C46H75O10P.Na/c1-3-5-7-9-11-13-15-17-19-21-23-25-27-29-31-33-35-37-45(49)53-41-44(42-55-57(51,52)54-40-43(48)39-47)56-46(50)38-36-34-32-30-28-26-24-22-20-18-16-14-12-10-8-6-4-2;/h11-14,17-20,23-26,29-32,43-44,47-48H,3-10,15-16,21-22,27-28,33-42H2,1-2H3,(H,51,52);/q;+1/p-1/b13-11+,14-12+,19-17+,20-18+,25-23+,26-24+,31-29+,32-30+;/t43?,44-;/m1./s1. The number of hydrogen-bond donors (Lipinski definition) is 2. The number of aliphatic hydroxyl groups excluding tert-OH is 2. The number of phosphoric ester groups is 1. The Hall–Kier alpha value is -2.11. The van der Waals surface area contributed by atoms with Gasteiger partial charge in [-0.15, -0.1) is 0 Å². The van der Waals surface area contributed by atoms with E-state index in [0.717, 1.165) is 51.4 Å². The first-order chi connectivity index (χ1) is 27.7. The first-order valence-corrected chi connectivity index (χ1v) is 22.6. The largest absolute Gasteiger partial charge is 1.00 e. The average Bonchev–Trinajstić information content (AvgIpc) is 3.20. The molecule has 0 rings (SSSR count). The Morgan fingerprint density at radius 1 is 0.552 bits per heavy atom. The van der Waals surface area contributed by atoms with E-state index in [-0.39, 0.29) is 42.4 Å². The molecule has 324 valence electrons. The van der Waals surface area contributed by atoms with Crippen LogP contribution in [-0.2, 0) is 32.7 Å². The second-order valence-electron chi connectivity index (χ2n) is 13.6. The van der Waals surface area contributed by atoms with Crippen molar-refractivity contribution in [1.82, 2.24) is 0 Å². The van der Waals surface area contributed by atoms with Crippen LogP contribution in [0.5, 0.6) is 0 Å². The van der Waals surface area contributed by atoms with Gasteiger partial charge in [0.15, 0.2) is 6.10 Å². The first-order valence-electron chi connectivity index (χ1n) is 21.2. The number of phosphoric acid groups is 1. The minimum atomic E-state index is -4.90. The Bertz CT molecular complexity index is 1270. The van der Waals surface area contributed by atoms with Crippen LogP contribution in [0, 0.1) is 0 Å². The maximum atomic E-state index is 12.6. The van der Waals surface area contributed by atoms with Crippen LogP contribution in [0.25, 0.3) is 0 Å². The fourth-order valence-corrected chi connectivity index (χ4v) is 5.69. The number of aliphatic hydroxyl groups is 2. The summed E-state index contributed by atoms with van der Waals surface area (Å²) in [5, 5.41) is 18.3. The van der Waals surface area contributed by atoms with Gasteiger partial charge in [-0.1, -0.05) is 137 Å². The van der Waals surface area contributed by atoms with Crippen molar-refractivity contribution in [2.75, 3.05) is 26.4 Å². The van der Waals surface area contributed by atoms with Gasteiger partial charge in [-0.2, -0.15) is 0 Å². The number of rotatable bonds is 38. The van der Waals surface area contributed by atoms with E-state index in [2.05, 4.69) is 91.3 Å². The van der Waals surface area contributed by atoms with Gasteiger partial charge < -0.3 is 33.6 Å². The molecule has 10 nitrogen and oxygen atoms in total. The Labute approximate surface area is 373 Å². The summed E-state index contributed by atoms with van der Waals surface area (Å²) in [6.07, 6.45) is 49.3. The van der Waals surface area contributed by atoms with Crippen LogP contribution in [0.15, 0.2) is 97.2 Å². The van der Waals surface area contributed by atoms with Crippen molar-refractivity contribution >= 4 is 19.8 Å². The van der Waals surface area contributed by atoms with Crippen molar-refractivity contribution in [3.8, 4) is 0 Å². The number of allylic oxidation sites excluding steroid dienone is 16. The predicted octanol–water partition coefficient (Wildman–Crippen LogP) is 7.59. The summed E-state index contributed by atoms with van der Waals surface area (Å²) in [5.41, 5.74) is 0. The van der Waals surface area contributed by atoms with Crippen LogP contribution < -0.4 is 34.5 Å². The van der Waals surface area contributed by atoms with Crippen LogP contribution in [0.3, 0.4) is 0 Å². The van der Waals surface area contributed by atoms with Gasteiger partial charge in [0.2, 0.25) is 0 Å². The molecule has 0 aliphatic rings. The topological polar surface area (TPSA) is 152 Å². The Morgan fingerprint density at radius 3 is 1.31 bits per heavy atom. The van der Waals surface area contributed by atoms with Crippen LogP contribution in [0.1, 0.15) is 142 Å². The molecule has 0 aliphatic heterocycles. The zero-order valence-electron chi connectivity index (χ0n) is 36.0. The van der Waals surface area contributed by atoms with Crippen molar-refractivity contribution in [2.45, 2.75) is 154 Å². The van der Waals surface area contributed by atoms with E-state index in [4.69, 9.17) is 19.1 Å². The van der Waals surface area contributed by atoms with Crippen LogP contribution in [0.2, 0.25) is 0 Å². The Balaban J connectivity index is 0. The van der Waals surface area contributed by atoms with Gasteiger partial charge in [-0.3, -0.25) is 14.2 Å². The fourth-order valence-electron chi connectivity index (χ4n) is 4.91. The van der Waals surface area contributed by atoms with E-state index >= 15 is 0 Å². The minimum Gasteiger partial charge on any atom is -0.756 e. The van der Waals surface area contributed by atoms with E-state index in [1.807, 2.05) is 24.3 Å². The zero-order valence-corrected chi connectivity index (χ0v) is 38.9. The zero-order chi connectivity index (χ0) is 41.9. The third-order valence-corrected chi connectivity index (χ3v) is 9.13. The summed E-state index contributed by atoms with van der Waals surface area (Å²) in [6.45, 7) is 1.99. The monoisotopic (exact) mass is 840 g/mol. The molecule has 0 aromatic rings. The molecular formula is C46H74NaO10P. The molecule has 0 amide bonds. The summed E-state index contributed by atoms with van der Waals surface area (Å²) in [7, 11) is -4.90. The van der Waals surface area contributed by atoms with Gasteiger partial charge in [-0.25, -0.2) is 0 Å².